The van der Waals surface area contributed by atoms with E-state index in [0.29, 0.717) is 12.6 Å². The van der Waals surface area contributed by atoms with Gasteiger partial charge in [-0.15, -0.1) is 0 Å². The van der Waals surface area contributed by atoms with Crippen molar-refractivity contribution in [3.8, 4) is 0 Å². The van der Waals surface area contributed by atoms with Crippen molar-refractivity contribution in [1.29, 1.82) is 0 Å². The third-order valence-corrected chi connectivity index (χ3v) is 3.40. The highest BCUT2D eigenvalue weighted by Crippen LogP contribution is 2.25. The predicted molar refractivity (Wildman–Crippen MR) is 63.2 cm³/mol. The van der Waals surface area contributed by atoms with Crippen LogP contribution in [-0.2, 0) is 4.74 Å². The molecule has 0 amide bonds. The third kappa shape index (κ3) is 2.26. The van der Waals surface area contributed by atoms with Crippen LogP contribution in [0.1, 0.15) is 18.5 Å². The Morgan fingerprint density at radius 1 is 1.31 bits per heavy atom. The Bertz CT molecular complexity index is 328. The Morgan fingerprint density at radius 2 is 2.00 bits per heavy atom. The maximum atomic E-state index is 9.79. The monoisotopic (exact) mass is 221 g/mol. The molecule has 1 N–H and O–H groups in total. The number of nitrogens with zero attached hydrogens (tertiary/aromatic N) is 1. The quantitative estimate of drug-likeness (QED) is 0.838. The number of rotatable bonds is 3. The van der Waals surface area contributed by atoms with E-state index in [1.54, 1.807) is 7.11 Å². The molecule has 3 unspecified atom stereocenters. The Kier molecular flexibility index (Phi) is 3.59. The minimum Gasteiger partial charge on any atom is -0.389 e. The summed E-state index contributed by atoms with van der Waals surface area (Å²) in [5.74, 6) is 0. The molecule has 1 heterocycles. The number of likely N-dealkylation sites (tertiary alicyclic amines) is 1. The minimum absolute atomic E-state index is 0.0498. The fraction of sp³-hybridized carbons (Fsp3) is 0.538. The lowest BCUT2D eigenvalue weighted by Crippen LogP contribution is -2.26. The molecule has 2 rings (SSSR count). The van der Waals surface area contributed by atoms with Crippen LogP contribution in [-0.4, -0.2) is 42.4 Å². The molecule has 0 aliphatic carbocycles. The number of β-amino-alcohol motifs (C(OH)–C–C–N with tert-alkyl or cyclic N) is 1. The Labute approximate surface area is 96.6 Å². The average molecular weight is 221 g/mol. The average Bonchev–Trinajstić information content (AvgIpc) is 2.71. The van der Waals surface area contributed by atoms with Gasteiger partial charge >= 0.3 is 0 Å². The maximum absolute atomic E-state index is 9.79. The zero-order chi connectivity index (χ0) is 11.5. The molecule has 1 aromatic rings. The van der Waals surface area contributed by atoms with Gasteiger partial charge in [0.2, 0.25) is 0 Å². The van der Waals surface area contributed by atoms with E-state index in [2.05, 4.69) is 24.0 Å². The summed E-state index contributed by atoms with van der Waals surface area (Å²) >= 11 is 0. The molecule has 0 bridgehead atoms. The molecule has 3 heteroatoms. The van der Waals surface area contributed by atoms with Crippen LogP contribution in [0.2, 0.25) is 0 Å². The second-order valence-corrected chi connectivity index (χ2v) is 4.38. The second kappa shape index (κ2) is 4.95. The van der Waals surface area contributed by atoms with Crippen LogP contribution in [0.25, 0.3) is 0 Å². The lowest BCUT2D eigenvalue weighted by atomic mass is 10.1. The first-order valence-electron chi connectivity index (χ1n) is 5.72. The highest BCUT2D eigenvalue weighted by molar-refractivity contribution is 5.18. The lowest BCUT2D eigenvalue weighted by Gasteiger charge is -2.24. The van der Waals surface area contributed by atoms with Gasteiger partial charge in [0, 0.05) is 26.2 Å². The van der Waals surface area contributed by atoms with E-state index in [4.69, 9.17) is 4.74 Å². The molecular weight excluding hydrogens is 202 g/mol. The van der Waals surface area contributed by atoms with E-state index in [0.717, 1.165) is 6.54 Å². The van der Waals surface area contributed by atoms with E-state index < -0.39 is 0 Å². The Hall–Kier alpha value is -0.900. The maximum Gasteiger partial charge on any atom is 0.0969 e. The molecule has 16 heavy (non-hydrogen) atoms. The van der Waals surface area contributed by atoms with Gasteiger partial charge in [-0.25, -0.2) is 0 Å². The Morgan fingerprint density at radius 3 is 2.56 bits per heavy atom. The number of methoxy groups -OCH3 is 1. The van der Waals surface area contributed by atoms with Crippen molar-refractivity contribution in [3.63, 3.8) is 0 Å². The fourth-order valence-corrected chi connectivity index (χ4v) is 2.28. The van der Waals surface area contributed by atoms with E-state index in [1.165, 1.54) is 5.56 Å². The summed E-state index contributed by atoms with van der Waals surface area (Å²) in [6.07, 6.45) is -0.415. The van der Waals surface area contributed by atoms with Gasteiger partial charge in [-0.1, -0.05) is 30.3 Å². The minimum atomic E-state index is -0.365. The predicted octanol–water partition coefficient (Wildman–Crippen LogP) is 1.44. The van der Waals surface area contributed by atoms with Crippen LogP contribution in [0.4, 0.5) is 0 Å². The number of benzene rings is 1. The fourth-order valence-electron chi connectivity index (χ4n) is 2.28. The van der Waals surface area contributed by atoms with Gasteiger partial charge in [0.15, 0.2) is 0 Å². The number of aliphatic hydroxyl groups excluding tert-OH is 1. The van der Waals surface area contributed by atoms with Crippen molar-refractivity contribution in [2.24, 2.45) is 0 Å². The van der Waals surface area contributed by atoms with Gasteiger partial charge in [0.25, 0.3) is 0 Å². The summed E-state index contributed by atoms with van der Waals surface area (Å²) < 4.78 is 5.25. The number of hydrogen-bond donors (Lipinski definition) is 1. The Balaban J connectivity index is 2.04. The van der Waals surface area contributed by atoms with E-state index in [-0.39, 0.29) is 12.2 Å². The van der Waals surface area contributed by atoms with Crippen LogP contribution in [0.15, 0.2) is 30.3 Å². The molecule has 1 aliphatic rings. The second-order valence-electron chi connectivity index (χ2n) is 4.38. The zero-order valence-corrected chi connectivity index (χ0v) is 9.84. The molecule has 0 aromatic heterocycles. The van der Waals surface area contributed by atoms with Gasteiger partial charge in [-0.05, 0) is 12.5 Å². The normalized spacial score (nSPS) is 28.2. The molecule has 0 radical (unpaired) electrons. The van der Waals surface area contributed by atoms with Crippen molar-refractivity contribution in [2.45, 2.75) is 25.2 Å². The summed E-state index contributed by atoms with van der Waals surface area (Å²) in [6, 6.07) is 10.7. The molecule has 1 saturated heterocycles. The van der Waals surface area contributed by atoms with Crippen LogP contribution < -0.4 is 0 Å². The molecule has 88 valence electrons. The van der Waals surface area contributed by atoms with Gasteiger partial charge in [0.05, 0.1) is 12.2 Å². The number of aliphatic hydroxyl groups is 1. The summed E-state index contributed by atoms with van der Waals surface area (Å²) in [5.41, 5.74) is 1.28. The summed E-state index contributed by atoms with van der Waals surface area (Å²) in [6.45, 7) is 3.66. The molecule has 1 aromatic carbocycles. The van der Waals surface area contributed by atoms with Crippen molar-refractivity contribution in [1.82, 2.24) is 4.90 Å². The van der Waals surface area contributed by atoms with E-state index in [1.807, 2.05) is 18.2 Å². The first-order chi connectivity index (χ1) is 7.72. The molecular formula is C13H19NO2. The topological polar surface area (TPSA) is 32.7 Å². The molecule has 0 spiro atoms. The van der Waals surface area contributed by atoms with Crippen LogP contribution >= 0.6 is 0 Å². The summed E-state index contributed by atoms with van der Waals surface area (Å²) in [7, 11) is 1.66. The highest BCUT2D eigenvalue weighted by atomic mass is 16.5. The summed E-state index contributed by atoms with van der Waals surface area (Å²) in [5, 5.41) is 9.79. The first-order valence-corrected chi connectivity index (χ1v) is 5.72. The molecule has 1 aliphatic heterocycles. The number of ether oxygens (including phenoxy) is 1. The van der Waals surface area contributed by atoms with Crippen LogP contribution in [0, 0.1) is 0 Å². The lowest BCUT2D eigenvalue weighted by molar-refractivity contribution is 0.0214. The van der Waals surface area contributed by atoms with Crippen molar-refractivity contribution in [3.05, 3.63) is 35.9 Å². The largest absolute Gasteiger partial charge is 0.389 e. The van der Waals surface area contributed by atoms with E-state index >= 15 is 0 Å². The van der Waals surface area contributed by atoms with Crippen molar-refractivity contribution >= 4 is 0 Å². The SMILES string of the molecule is COC1CN(C(C)c2ccccc2)CC1O. The van der Waals surface area contributed by atoms with Crippen molar-refractivity contribution in [2.75, 3.05) is 20.2 Å². The summed E-state index contributed by atoms with van der Waals surface area (Å²) in [4.78, 5) is 2.26. The highest BCUT2D eigenvalue weighted by Gasteiger charge is 2.33. The molecule has 3 atom stereocenters. The third-order valence-electron chi connectivity index (χ3n) is 3.40. The zero-order valence-electron chi connectivity index (χ0n) is 9.84. The number of hydrogen-bond acceptors (Lipinski definition) is 3. The van der Waals surface area contributed by atoms with Gasteiger partial charge in [-0.2, -0.15) is 0 Å². The standard InChI is InChI=1S/C13H19NO2/c1-10(11-6-4-3-5-7-11)14-8-12(15)13(9-14)16-2/h3-7,10,12-13,15H,8-9H2,1-2H3. The van der Waals surface area contributed by atoms with Gasteiger partial charge in [0.1, 0.15) is 0 Å². The van der Waals surface area contributed by atoms with Crippen LogP contribution in [0.5, 0.6) is 0 Å². The van der Waals surface area contributed by atoms with Gasteiger partial charge in [-0.3, -0.25) is 4.90 Å². The van der Waals surface area contributed by atoms with Crippen LogP contribution in [0.3, 0.4) is 0 Å². The van der Waals surface area contributed by atoms with Crippen molar-refractivity contribution < 1.29 is 9.84 Å². The molecule has 3 nitrogen and oxygen atoms in total. The molecule has 1 fully saturated rings. The van der Waals surface area contributed by atoms with Gasteiger partial charge < -0.3 is 9.84 Å². The smallest absolute Gasteiger partial charge is 0.0969 e. The molecule has 0 saturated carbocycles. The van der Waals surface area contributed by atoms with E-state index in [9.17, 15) is 5.11 Å². The first kappa shape index (κ1) is 11.6.